The molecule has 0 aliphatic carbocycles. The van der Waals surface area contributed by atoms with Gasteiger partial charge in [0, 0.05) is 25.0 Å². The smallest absolute Gasteiger partial charge is 0.340 e. The molecular weight excluding hydrogens is 345 g/mol. The Bertz CT molecular complexity index is 794. The number of amides is 1. The van der Waals surface area contributed by atoms with Crippen LogP contribution in [0, 0.1) is 5.92 Å². The molecule has 2 heterocycles. The van der Waals surface area contributed by atoms with Gasteiger partial charge in [0.1, 0.15) is 5.82 Å². The van der Waals surface area contributed by atoms with Crippen LogP contribution in [0.4, 0.5) is 24.7 Å². The van der Waals surface area contributed by atoms with Gasteiger partial charge < -0.3 is 16.0 Å². The van der Waals surface area contributed by atoms with Gasteiger partial charge in [-0.3, -0.25) is 4.79 Å². The molecule has 0 spiro atoms. The van der Waals surface area contributed by atoms with E-state index in [0.29, 0.717) is 25.2 Å². The van der Waals surface area contributed by atoms with E-state index in [4.69, 9.17) is 5.73 Å². The number of carbonyl (C=O) groups excluding carboxylic acids is 1. The lowest BCUT2D eigenvalue weighted by Crippen LogP contribution is -2.30. The van der Waals surface area contributed by atoms with Crippen molar-refractivity contribution >= 4 is 17.4 Å². The van der Waals surface area contributed by atoms with Gasteiger partial charge in [0.15, 0.2) is 0 Å². The van der Waals surface area contributed by atoms with Crippen LogP contribution in [0.1, 0.15) is 22.3 Å². The van der Waals surface area contributed by atoms with E-state index in [1.807, 2.05) is 0 Å². The summed E-state index contributed by atoms with van der Waals surface area (Å²) < 4.78 is 38.6. The first-order valence-electron chi connectivity index (χ1n) is 8.27. The van der Waals surface area contributed by atoms with E-state index in [-0.39, 0.29) is 23.3 Å². The van der Waals surface area contributed by atoms with E-state index in [1.165, 1.54) is 18.3 Å². The number of benzene rings is 1. The summed E-state index contributed by atoms with van der Waals surface area (Å²) in [5.41, 5.74) is 5.43. The van der Waals surface area contributed by atoms with Crippen LogP contribution >= 0.6 is 0 Å². The number of alkyl halides is 3. The van der Waals surface area contributed by atoms with Gasteiger partial charge in [-0.2, -0.15) is 13.2 Å². The summed E-state index contributed by atoms with van der Waals surface area (Å²) in [7, 11) is 0. The van der Waals surface area contributed by atoms with Crippen LogP contribution in [0.25, 0.3) is 0 Å². The number of pyridine rings is 1. The molecular formula is C18H19F3N4O. The Hall–Kier alpha value is -2.61. The predicted octanol–water partition coefficient (Wildman–Crippen LogP) is 3.26. The highest BCUT2D eigenvalue weighted by Crippen LogP contribution is 2.31. The topological polar surface area (TPSA) is 71.2 Å². The van der Waals surface area contributed by atoms with Crippen LogP contribution in [0.15, 0.2) is 42.6 Å². The molecule has 3 N–H and O–H groups in total. The van der Waals surface area contributed by atoms with E-state index in [9.17, 15) is 18.0 Å². The molecule has 26 heavy (non-hydrogen) atoms. The third-order valence-corrected chi connectivity index (χ3v) is 4.40. The largest absolute Gasteiger partial charge is 0.416 e. The molecule has 0 radical (unpaired) electrons. The van der Waals surface area contributed by atoms with Crippen LogP contribution in [0.3, 0.4) is 0 Å². The molecule has 5 nitrogen and oxygen atoms in total. The number of likely N-dealkylation sites (tertiary alicyclic amines) is 1. The molecule has 1 unspecified atom stereocenters. The second kappa shape index (κ2) is 7.33. The molecule has 1 aromatic carbocycles. The Morgan fingerprint density at radius 1 is 1.31 bits per heavy atom. The molecule has 8 heteroatoms. The monoisotopic (exact) mass is 364 g/mol. The van der Waals surface area contributed by atoms with Crippen molar-refractivity contribution in [2.75, 3.05) is 25.0 Å². The van der Waals surface area contributed by atoms with Crippen LogP contribution in [0.2, 0.25) is 0 Å². The third-order valence-electron chi connectivity index (χ3n) is 4.40. The molecule has 3 rings (SSSR count). The Labute approximate surface area is 149 Å². The number of carbonyl (C=O) groups is 1. The molecule has 1 fully saturated rings. The van der Waals surface area contributed by atoms with Gasteiger partial charge in [-0.1, -0.05) is 6.07 Å². The summed E-state index contributed by atoms with van der Waals surface area (Å²) in [5.74, 6) is 0.298. The highest BCUT2D eigenvalue weighted by molar-refractivity contribution is 5.99. The van der Waals surface area contributed by atoms with E-state index in [2.05, 4.69) is 10.3 Å². The second-order valence-electron chi connectivity index (χ2n) is 6.24. The lowest BCUT2D eigenvalue weighted by atomic mass is 10.1. The lowest BCUT2D eigenvalue weighted by Gasteiger charge is -2.18. The van der Waals surface area contributed by atoms with Crippen molar-refractivity contribution in [1.82, 2.24) is 9.88 Å². The Kier molecular flexibility index (Phi) is 5.13. The van der Waals surface area contributed by atoms with Gasteiger partial charge in [-0.15, -0.1) is 0 Å². The summed E-state index contributed by atoms with van der Waals surface area (Å²) in [6.07, 6.45) is -2.11. The fourth-order valence-corrected chi connectivity index (χ4v) is 2.97. The predicted molar refractivity (Wildman–Crippen MR) is 92.0 cm³/mol. The number of nitrogens with zero attached hydrogens (tertiary/aromatic N) is 2. The number of halogens is 3. The zero-order valence-electron chi connectivity index (χ0n) is 14.0. The normalized spacial score (nSPS) is 17.4. The third kappa shape index (κ3) is 3.96. The van der Waals surface area contributed by atoms with Gasteiger partial charge >= 0.3 is 6.18 Å². The summed E-state index contributed by atoms with van der Waals surface area (Å²) in [6.45, 7) is 1.71. The summed E-state index contributed by atoms with van der Waals surface area (Å²) in [5, 5.41) is 2.83. The Morgan fingerprint density at radius 2 is 2.12 bits per heavy atom. The van der Waals surface area contributed by atoms with Crippen molar-refractivity contribution in [1.29, 1.82) is 0 Å². The molecule has 1 atom stereocenters. The number of nitrogens with one attached hydrogen (secondary N) is 1. The lowest BCUT2D eigenvalue weighted by molar-refractivity contribution is -0.137. The highest BCUT2D eigenvalue weighted by atomic mass is 19.4. The van der Waals surface area contributed by atoms with E-state index in [1.54, 1.807) is 17.0 Å². The van der Waals surface area contributed by atoms with Crippen LogP contribution < -0.4 is 11.1 Å². The first-order chi connectivity index (χ1) is 12.4. The SMILES string of the molecule is NCC1CCN(C(=O)c2cccnc2Nc2cccc(C(F)(F)F)c2)C1. The first-order valence-corrected chi connectivity index (χ1v) is 8.27. The number of aromatic nitrogens is 1. The average molecular weight is 364 g/mol. The maximum Gasteiger partial charge on any atom is 0.416 e. The molecule has 1 aliphatic rings. The van der Waals surface area contributed by atoms with Crippen molar-refractivity contribution < 1.29 is 18.0 Å². The fourth-order valence-electron chi connectivity index (χ4n) is 2.97. The van der Waals surface area contributed by atoms with E-state index < -0.39 is 11.7 Å². The van der Waals surface area contributed by atoms with Crippen molar-refractivity contribution in [3.8, 4) is 0 Å². The molecule has 1 saturated heterocycles. The molecule has 1 amide bonds. The Balaban J connectivity index is 1.83. The van der Waals surface area contributed by atoms with Crippen molar-refractivity contribution in [2.24, 2.45) is 11.7 Å². The van der Waals surface area contributed by atoms with Gasteiger partial charge in [0.05, 0.1) is 11.1 Å². The fraction of sp³-hybridized carbons (Fsp3) is 0.333. The molecule has 1 aliphatic heterocycles. The Morgan fingerprint density at radius 3 is 2.81 bits per heavy atom. The quantitative estimate of drug-likeness (QED) is 0.874. The van der Waals surface area contributed by atoms with Gasteiger partial charge in [-0.25, -0.2) is 4.98 Å². The van der Waals surface area contributed by atoms with Crippen molar-refractivity contribution in [2.45, 2.75) is 12.6 Å². The van der Waals surface area contributed by atoms with Crippen LogP contribution in [0.5, 0.6) is 0 Å². The highest BCUT2D eigenvalue weighted by Gasteiger charge is 2.31. The standard InChI is InChI=1S/C18H19F3N4O/c19-18(20,21)13-3-1-4-14(9-13)24-16-15(5-2-7-23-16)17(26)25-8-6-12(10-22)11-25/h1-5,7,9,12H,6,8,10-11,22H2,(H,23,24). The van der Waals surface area contributed by atoms with Crippen molar-refractivity contribution in [3.63, 3.8) is 0 Å². The molecule has 0 bridgehead atoms. The maximum absolute atomic E-state index is 12.9. The molecule has 0 saturated carbocycles. The number of hydrogen-bond donors (Lipinski definition) is 2. The van der Waals surface area contributed by atoms with Gasteiger partial charge in [-0.05, 0) is 49.2 Å². The van der Waals surface area contributed by atoms with Crippen LogP contribution in [-0.4, -0.2) is 35.4 Å². The van der Waals surface area contributed by atoms with Crippen LogP contribution in [-0.2, 0) is 6.18 Å². The minimum absolute atomic E-state index is 0.205. The van der Waals surface area contributed by atoms with Gasteiger partial charge in [0.25, 0.3) is 5.91 Å². The number of rotatable bonds is 4. The average Bonchev–Trinajstić information content (AvgIpc) is 3.10. The maximum atomic E-state index is 12.9. The first kappa shape index (κ1) is 18.2. The van der Waals surface area contributed by atoms with E-state index >= 15 is 0 Å². The summed E-state index contributed by atoms with van der Waals surface area (Å²) in [4.78, 5) is 18.6. The van der Waals surface area contributed by atoms with Gasteiger partial charge in [0.2, 0.25) is 0 Å². The zero-order chi connectivity index (χ0) is 18.7. The number of nitrogens with two attached hydrogens (primary N) is 1. The minimum atomic E-state index is -4.44. The summed E-state index contributed by atoms with van der Waals surface area (Å²) >= 11 is 0. The number of hydrogen-bond acceptors (Lipinski definition) is 4. The number of anilines is 2. The molecule has 1 aromatic heterocycles. The minimum Gasteiger partial charge on any atom is -0.340 e. The second-order valence-corrected chi connectivity index (χ2v) is 6.24. The summed E-state index contributed by atoms with van der Waals surface area (Å²) in [6, 6.07) is 8.03. The van der Waals surface area contributed by atoms with Crippen molar-refractivity contribution in [3.05, 3.63) is 53.7 Å². The van der Waals surface area contributed by atoms with E-state index in [0.717, 1.165) is 18.6 Å². The molecule has 2 aromatic rings. The zero-order valence-corrected chi connectivity index (χ0v) is 14.0. The molecule has 138 valence electrons.